The molecule has 0 amide bonds. The van der Waals surface area contributed by atoms with Crippen molar-refractivity contribution >= 4 is 0 Å². The van der Waals surface area contributed by atoms with Gasteiger partial charge in [0.15, 0.2) is 0 Å². The van der Waals surface area contributed by atoms with E-state index in [1.54, 1.807) is 7.11 Å². The van der Waals surface area contributed by atoms with Gasteiger partial charge in [-0.2, -0.15) is 0 Å². The van der Waals surface area contributed by atoms with Crippen molar-refractivity contribution in [3.8, 4) is 0 Å². The Morgan fingerprint density at radius 2 is 2.25 bits per heavy atom. The van der Waals surface area contributed by atoms with Crippen LogP contribution in [0.1, 0.15) is 26.2 Å². The molecule has 4 unspecified atom stereocenters. The van der Waals surface area contributed by atoms with Gasteiger partial charge in [0.25, 0.3) is 0 Å². The normalized spacial score (nSPS) is 38.8. The first-order chi connectivity index (χ1) is 7.67. The Morgan fingerprint density at radius 1 is 1.44 bits per heavy atom. The van der Waals surface area contributed by atoms with Crippen molar-refractivity contribution in [2.24, 2.45) is 11.7 Å². The SMILES string of the molecule is COC(C)C(N)C1CCOC2(CCOC2)C1. The van der Waals surface area contributed by atoms with Gasteiger partial charge in [0, 0.05) is 32.8 Å². The van der Waals surface area contributed by atoms with Crippen molar-refractivity contribution in [3.05, 3.63) is 0 Å². The quantitative estimate of drug-likeness (QED) is 0.782. The van der Waals surface area contributed by atoms with Gasteiger partial charge < -0.3 is 19.9 Å². The summed E-state index contributed by atoms with van der Waals surface area (Å²) in [6.07, 6.45) is 3.18. The van der Waals surface area contributed by atoms with Crippen molar-refractivity contribution in [1.29, 1.82) is 0 Å². The molecule has 1 spiro atoms. The summed E-state index contributed by atoms with van der Waals surface area (Å²) in [6.45, 7) is 4.40. The highest BCUT2D eigenvalue weighted by atomic mass is 16.6. The Bertz CT molecular complexity index is 228. The van der Waals surface area contributed by atoms with Gasteiger partial charge in [-0.05, 0) is 25.7 Å². The number of hydrogen-bond donors (Lipinski definition) is 1. The van der Waals surface area contributed by atoms with Crippen molar-refractivity contribution in [2.45, 2.75) is 43.9 Å². The maximum atomic E-state index is 6.23. The predicted molar refractivity (Wildman–Crippen MR) is 61.3 cm³/mol. The molecule has 0 aromatic heterocycles. The molecule has 2 heterocycles. The summed E-state index contributed by atoms with van der Waals surface area (Å²) in [4.78, 5) is 0. The van der Waals surface area contributed by atoms with E-state index in [-0.39, 0.29) is 17.7 Å². The first-order valence-corrected chi connectivity index (χ1v) is 6.17. The van der Waals surface area contributed by atoms with E-state index >= 15 is 0 Å². The molecule has 4 nitrogen and oxygen atoms in total. The van der Waals surface area contributed by atoms with Crippen molar-refractivity contribution in [2.75, 3.05) is 26.9 Å². The van der Waals surface area contributed by atoms with Crippen LogP contribution in [0, 0.1) is 5.92 Å². The molecule has 2 fully saturated rings. The van der Waals surface area contributed by atoms with Crippen LogP contribution < -0.4 is 5.73 Å². The summed E-state index contributed by atoms with van der Waals surface area (Å²) in [6, 6.07) is 0.103. The molecule has 16 heavy (non-hydrogen) atoms. The fourth-order valence-electron chi connectivity index (χ4n) is 2.80. The van der Waals surface area contributed by atoms with Crippen LogP contribution >= 0.6 is 0 Å². The van der Waals surface area contributed by atoms with Crippen LogP contribution in [0.3, 0.4) is 0 Å². The van der Waals surface area contributed by atoms with Gasteiger partial charge in [0.1, 0.15) is 0 Å². The fourth-order valence-corrected chi connectivity index (χ4v) is 2.80. The second-order valence-corrected chi connectivity index (χ2v) is 5.11. The van der Waals surface area contributed by atoms with E-state index in [1.807, 2.05) is 6.92 Å². The van der Waals surface area contributed by atoms with E-state index in [9.17, 15) is 0 Å². The van der Waals surface area contributed by atoms with Crippen LogP contribution in [-0.2, 0) is 14.2 Å². The van der Waals surface area contributed by atoms with Crippen LogP contribution in [0.5, 0.6) is 0 Å². The largest absolute Gasteiger partial charge is 0.380 e. The molecule has 2 saturated heterocycles. The van der Waals surface area contributed by atoms with E-state index in [2.05, 4.69) is 0 Å². The average Bonchev–Trinajstić information content (AvgIpc) is 2.75. The van der Waals surface area contributed by atoms with Crippen LogP contribution in [0.4, 0.5) is 0 Å². The highest BCUT2D eigenvalue weighted by molar-refractivity contribution is 4.94. The van der Waals surface area contributed by atoms with E-state index in [1.165, 1.54) is 0 Å². The first kappa shape index (κ1) is 12.3. The molecule has 2 aliphatic rings. The van der Waals surface area contributed by atoms with E-state index in [4.69, 9.17) is 19.9 Å². The van der Waals surface area contributed by atoms with Crippen LogP contribution in [0.15, 0.2) is 0 Å². The Hall–Kier alpha value is -0.160. The molecule has 0 radical (unpaired) electrons. The van der Waals surface area contributed by atoms with Gasteiger partial charge in [-0.1, -0.05) is 0 Å². The zero-order chi connectivity index (χ0) is 11.6. The minimum Gasteiger partial charge on any atom is -0.380 e. The highest BCUT2D eigenvalue weighted by Gasteiger charge is 2.43. The van der Waals surface area contributed by atoms with Crippen molar-refractivity contribution < 1.29 is 14.2 Å². The monoisotopic (exact) mass is 229 g/mol. The number of rotatable bonds is 3. The lowest BCUT2D eigenvalue weighted by atomic mass is 9.80. The topological polar surface area (TPSA) is 53.7 Å². The Labute approximate surface area is 97.4 Å². The number of nitrogens with two attached hydrogens (primary N) is 1. The molecule has 2 rings (SSSR count). The molecule has 0 aromatic carbocycles. The van der Waals surface area contributed by atoms with E-state index < -0.39 is 0 Å². The third-order valence-electron chi connectivity index (χ3n) is 4.06. The minimum absolute atomic E-state index is 0.0476. The second kappa shape index (κ2) is 5.00. The molecule has 0 bridgehead atoms. The summed E-state index contributed by atoms with van der Waals surface area (Å²) in [5.74, 6) is 0.491. The molecular weight excluding hydrogens is 206 g/mol. The van der Waals surface area contributed by atoms with Gasteiger partial charge in [-0.25, -0.2) is 0 Å². The summed E-state index contributed by atoms with van der Waals surface area (Å²) in [5.41, 5.74) is 6.18. The predicted octanol–water partition coefficient (Wildman–Crippen LogP) is 0.934. The molecule has 0 saturated carbocycles. The van der Waals surface area contributed by atoms with E-state index in [0.717, 1.165) is 39.1 Å². The number of hydrogen-bond acceptors (Lipinski definition) is 4. The van der Waals surface area contributed by atoms with Crippen LogP contribution in [0.25, 0.3) is 0 Å². The van der Waals surface area contributed by atoms with E-state index in [0.29, 0.717) is 5.92 Å². The highest BCUT2D eigenvalue weighted by Crippen LogP contribution is 2.37. The summed E-state index contributed by atoms with van der Waals surface area (Å²) in [7, 11) is 1.72. The molecule has 94 valence electrons. The molecule has 4 atom stereocenters. The standard InChI is InChI=1S/C12H23NO3/c1-9(14-2)11(13)10-3-5-16-12(7-10)4-6-15-8-12/h9-11H,3-8,13H2,1-2H3. The zero-order valence-corrected chi connectivity index (χ0v) is 10.3. The van der Waals surface area contributed by atoms with Gasteiger partial charge >= 0.3 is 0 Å². The summed E-state index contributed by atoms with van der Waals surface area (Å²) < 4.78 is 16.7. The average molecular weight is 229 g/mol. The lowest BCUT2D eigenvalue weighted by molar-refractivity contribution is -0.107. The lowest BCUT2D eigenvalue weighted by Gasteiger charge is -2.40. The minimum atomic E-state index is -0.0476. The Kier molecular flexibility index (Phi) is 3.85. The third-order valence-corrected chi connectivity index (χ3v) is 4.06. The molecule has 0 aromatic rings. The Morgan fingerprint density at radius 3 is 2.88 bits per heavy atom. The molecule has 2 N–H and O–H groups in total. The molecule has 0 aliphatic carbocycles. The smallest absolute Gasteiger partial charge is 0.0939 e. The van der Waals surface area contributed by atoms with Gasteiger partial charge in [0.05, 0.1) is 18.3 Å². The van der Waals surface area contributed by atoms with Gasteiger partial charge in [-0.15, -0.1) is 0 Å². The second-order valence-electron chi connectivity index (χ2n) is 5.11. The molecule has 2 aliphatic heterocycles. The summed E-state index contributed by atoms with van der Waals surface area (Å²) in [5, 5.41) is 0. The maximum absolute atomic E-state index is 6.23. The van der Waals surface area contributed by atoms with Crippen molar-refractivity contribution in [1.82, 2.24) is 0 Å². The summed E-state index contributed by atoms with van der Waals surface area (Å²) >= 11 is 0. The van der Waals surface area contributed by atoms with Gasteiger partial charge in [0.2, 0.25) is 0 Å². The van der Waals surface area contributed by atoms with Crippen molar-refractivity contribution in [3.63, 3.8) is 0 Å². The van der Waals surface area contributed by atoms with Crippen LogP contribution in [0.2, 0.25) is 0 Å². The number of ether oxygens (including phenoxy) is 3. The lowest BCUT2D eigenvalue weighted by Crippen LogP contribution is -2.49. The maximum Gasteiger partial charge on any atom is 0.0939 e. The molecular formula is C12H23NO3. The van der Waals surface area contributed by atoms with Gasteiger partial charge in [-0.3, -0.25) is 0 Å². The fraction of sp³-hybridized carbons (Fsp3) is 1.00. The first-order valence-electron chi connectivity index (χ1n) is 6.17. The van der Waals surface area contributed by atoms with Crippen LogP contribution in [-0.4, -0.2) is 44.7 Å². The zero-order valence-electron chi connectivity index (χ0n) is 10.3. The third kappa shape index (κ3) is 2.40. The number of methoxy groups -OCH3 is 1. The molecule has 4 heteroatoms. The Balaban J connectivity index is 1.95.